The predicted octanol–water partition coefficient (Wildman–Crippen LogP) is 2.30. The number of nitrogens with two attached hydrogens (primary N) is 1. The van der Waals surface area contributed by atoms with Crippen molar-refractivity contribution in [3.8, 4) is 0 Å². The van der Waals surface area contributed by atoms with Crippen LogP contribution in [0.5, 0.6) is 0 Å². The molecule has 4 heteroatoms. The summed E-state index contributed by atoms with van der Waals surface area (Å²) in [6.45, 7) is 6.42. The van der Waals surface area contributed by atoms with Crippen LogP contribution in [0, 0.1) is 5.41 Å². The van der Waals surface area contributed by atoms with Gasteiger partial charge in [0.2, 0.25) is 0 Å². The minimum absolute atomic E-state index is 0.181. The van der Waals surface area contributed by atoms with E-state index in [1.165, 1.54) is 0 Å². The Morgan fingerprint density at radius 2 is 2.08 bits per heavy atom. The SMILES string of the molecule is CC(C)(C)Cc1cnnc(Cl)c1N. The molecule has 1 aromatic heterocycles. The van der Waals surface area contributed by atoms with Crippen molar-refractivity contribution in [3.05, 3.63) is 16.9 Å². The first-order valence-electron chi connectivity index (χ1n) is 4.16. The molecule has 72 valence electrons. The van der Waals surface area contributed by atoms with Gasteiger partial charge in [-0.15, -0.1) is 5.10 Å². The lowest BCUT2D eigenvalue weighted by Crippen LogP contribution is -2.11. The van der Waals surface area contributed by atoms with Gasteiger partial charge in [0.15, 0.2) is 5.15 Å². The molecule has 0 unspecified atom stereocenters. The Kier molecular flexibility index (Phi) is 2.76. The van der Waals surface area contributed by atoms with Crippen molar-refractivity contribution in [2.24, 2.45) is 5.41 Å². The molecule has 0 fully saturated rings. The highest BCUT2D eigenvalue weighted by atomic mass is 35.5. The van der Waals surface area contributed by atoms with Gasteiger partial charge in [0.25, 0.3) is 0 Å². The van der Waals surface area contributed by atoms with Crippen LogP contribution in [0.1, 0.15) is 26.3 Å². The van der Waals surface area contributed by atoms with Gasteiger partial charge >= 0.3 is 0 Å². The highest BCUT2D eigenvalue weighted by molar-refractivity contribution is 6.31. The fourth-order valence-electron chi connectivity index (χ4n) is 1.12. The monoisotopic (exact) mass is 199 g/mol. The normalized spacial score (nSPS) is 11.7. The molecule has 1 heterocycles. The van der Waals surface area contributed by atoms with Crippen molar-refractivity contribution >= 4 is 17.3 Å². The minimum Gasteiger partial charge on any atom is -0.396 e. The Labute approximate surface area is 83.3 Å². The number of nitrogen functional groups attached to an aromatic ring is 1. The third kappa shape index (κ3) is 2.84. The second kappa shape index (κ2) is 3.50. The lowest BCUT2D eigenvalue weighted by Gasteiger charge is -2.18. The van der Waals surface area contributed by atoms with Crippen LogP contribution in [-0.2, 0) is 6.42 Å². The van der Waals surface area contributed by atoms with Crippen molar-refractivity contribution in [2.75, 3.05) is 5.73 Å². The Morgan fingerprint density at radius 3 is 2.62 bits per heavy atom. The van der Waals surface area contributed by atoms with Crippen LogP contribution in [0.3, 0.4) is 0 Å². The fourth-order valence-corrected chi connectivity index (χ4v) is 1.28. The zero-order valence-electron chi connectivity index (χ0n) is 8.13. The van der Waals surface area contributed by atoms with E-state index in [4.69, 9.17) is 17.3 Å². The topological polar surface area (TPSA) is 51.8 Å². The molecule has 2 N–H and O–H groups in total. The van der Waals surface area contributed by atoms with Gasteiger partial charge in [-0.05, 0) is 17.4 Å². The van der Waals surface area contributed by atoms with E-state index in [0.717, 1.165) is 12.0 Å². The maximum Gasteiger partial charge on any atom is 0.174 e. The first-order chi connectivity index (χ1) is 5.90. The Bertz CT molecular complexity index is 304. The van der Waals surface area contributed by atoms with Crippen molar-refractivity contribution in [1.82, 2.24) is 10.2 Å². The number of aromatic nitrogens is 2. The molecule has 0 aliphatic rings. The molecule has 13 heavy (non-hydrogen) atoms. The van der Waals surface area contributed by atoms with Crippen molar-refractivity contribution in [2.45, 2.75) is 27.2 Å². The lowest BCUT2D eigenvalue weighted by molar-refractivity contribution is 0.411. The molecule has 0 aromatic carbocycles. The molecule has 0 saturated heterocycles. The molecular weight excluding hydrogens is 186 g/mol. The van der Waals surface area contributed by atoms with Gasteiger partial charge in [-0.2, -0.15) is 5.10 Å². The molecule has 0 bridgehead atoms. The third-order valence-corrected chi connectivity index (χ3v) is 1.93. The zero-order chi connectivity index (χ0) is 10.1. The van der Waals surface area contributed by atoms with Gasteiger partial charge in [0, 0.05) is 0 Å². The van der Waals surface area contributed by atoms with Crippen LogP contribution in [-0.4, -0.2) is 10.2 Å². The Hall–Kier alpha value is -0.830. The van der Waals surface area contributed by atoms with Crippen LogP contribution in [0.25, 0.3) is 0 Å². The molecule has 0 atom stereocenters. The Balaban J connectivity index is 2.96. The molecule has 0 aliphatic carbocycles. The van der Waals surface area contributed by atoms with Crippen LogP contribution >= 0.6 is 11.6 Å². The largest absolute Gasteiger partial charge is 0.396 e. The van der Waals surface area contributed by atoms with Gasteiger partial charge in [-0.1, -0.05) is 32.4 Å². The van der Waals surface area contributed by atoms with E-state index in [9.17, 15) is 0 Å². The molecule has 3 nitrogen and oxygen atoms in total. The van der Waals surface area contributed by atoms with Gasteiger partial charge in [0.1, 0.15) is 0 Å². The third-order valence-electron chi connectivity index (χ3n) is 1.65. The molecule has 1 aromatic rings. The van der Waals surface area contributed by atoms with E-state index in [1.54, 1.807) is 6.20 Å². The minimum atomic E-state index is 0.181. The second-order valence-corrected chi connectivity index (χ2v) is 4.67. The molecule has 0 spiro atoms. The quantitative estimate of drug-likeness (QED) is 0.755. The summed E-state index contributed by atoms with van der Waals surface area (Å²) in [7, 11) is 0. The maximum atomic E-state index is 5.76. The van der Waals surface area contributed by atoms with E-state index in [1.807, 2.05) is 0 Å². The van der Waals surface area contributed by atoms with E-state index in [2.05, 4.69) is 31.0 Å². The molecule has 0 amide bonds. The predicted molar refractivity (Wildman–Crippen MR) is 54.6 cm³/mol. The van der Waals surface area contributed by atoms with E-state index >= 15 is 0 Å². The number of nitrogens with zero attached hydrogens (tertiary/aromatic N) is 2. The molecule has 1 rings (SSSR count). The van der Waals surface area contributed by atoms with Gasteiger partial charge in [-0.3, -0.25) is 0 Å². The van der Waals surface area contributed by atoms with E-state index < -0.39 is 0 Å². The molecule has 0 radical (unpaired) electrons. The van der Waals surface area contributed by atoms with E-state index in [0.29, 0.717) is 10.8 Å². The Morgan fingerprint density at radius 1 is 1.46 bits per heavy atom. The number of hydrogen-bond acceptors (Lipinski definition) is 3. The van der Waals surface area contributed by atoms with Crippen LogP contribution < -0.4 is 5.73 Å². The lowest BCUT2D eigenvalue weighted by atomic mass is 9.88. The number of halogens is 1. The molecule has 0 saturated carbocycles. The summed E-state index contributed by atoms with van der Waals surface area (Å²) < 4.78 is 0. The highest BCUT2D eigenvalue weighted by Gasteiger charge is 2.15. The van der Waals surface area contributed by atoms with Crippen LogP contribution in [0.2, 0.25) is 5.15 Å². The highest BCUT2D eigenvalue weighted by Crippen LogP contribution is 2.26. The van der Waals surface area contributed by atoms with E-state index in [-0.39, 0.29) is 5.41 Å². The average molecular weight is 200 g/mol. The van der Waals surface area contributed by atoms with Gasteiger partial charge < -0.3 is 5.73 Å². The van der Waals surface area contributed by atoms with Crippen molar-refractivity contribution in [1.29, 1.82) is 0 Å². The number of anilines is 1. The van der Waals surface area contributed by atoms with Gasteiger partial charge in [0.05, 0.1) is 11.9 Å². The molecular formula is C9H14ClN3. The number of rotatable bonds is 1. The fraction of sp³-hybridized carbons (Fsp3) is 0.556. The second-order valence-electron chi connectivity index (χ2n) is 4.31. The zero-order valence-corrected chi connectivity index (χ0v) is 8.89. The summed E-state index contributed by atoms with van der Waals surface area (Å²) in [6, 6.07) is 0. The van der Waals surface area contributed by atoms with Crippen molar-refractivity contribution < 1.29 is 0 Å². The standard InChI is InChI=1S/C9H14ClN3/c1-9(2,3)4-6-5-12-13-8(10)7(6)11/h5H,4H2,1-3H3,(H2,11,12). The smallest absolute Gasteiger partial charge is 0.174 e. The summed E-state index contributed by atoms with van der Waals surface area (Å²) in [5.41, 5.74) is 7.45. The molecule has 0 aliphatic heterocycles. The summed E-state index contributed by atoms with van der Waals surface area (Å²) in [5, 5.41) is 7.72. The van der Waals surface area contributed by atoms with Crippen molar-refractivity contribution in [3.63, 3.8) is 0 Å². The number of hydrogen-bond donors (Lipinski definition) is 1. The summed E-state index contributed by atoms with van der Waals surface area (Å²) in [6.07, 6.45) is 2.53. The van der Waals surface area contributed by atoms with Gasteiger partial charge in [-0.25, -0.2) is 0 Å². The van der Waals surface area contributed by atoms with Crippen LogP contribution in [0.4, 0.5) is 5.69 Å². The summed E-state index contributed by atoms with van der Waals surface area (Å²) in [4.78, 5) is 0. The first-order valence-corrected chi connectivity index (χ1v) is 4.53. The van der Waals surface area contributed by atoms with Crippen LogP contribution in [0.15, 0.2) is 6.20 Å². The first kappa shape index (κ1) is 10.3. The summed E-state index contributed by atoms with van der Waals surface area (Å²) >= 11 is 5.74. The maximum absolute atomic E-state index is 5.76. The summed E-state index contributed by atoms with van der Waals surface area (Å²) in [5.74, 6) is 0. The average Bonchev–Trinajstić information content (AvgIpc) is 1.96.